The van der Waals surface area contributed by atoms with Crippen molar-refractivity contribution in [3.63, 3.8) is 0 Å². The molecule has 1 aromatic carbocycles. The van der Waals surface area contributed by atoms with Crippen LogP contribution in [0.15, 0.2) is 47.1 Å². The van der Waals surface area contributed by atoms with E-state index in [1.807, 2.05) is 36.5 Å². The second kappa shape index (κ2) is 7.64. The molecule has 1 atom stereocenters. The summed E-state index contributed by atoms with van der Waals surface area (Å²) in [6.07, 6.45) is 2.52. The fourth-order valence-electron chi connectivity index (χ4n) is 2.25. The number of furan rings is 1. The topological polar surface area (TPSA) is 58.9 Å². The number of quaternary nitrogens is 1. The highest BCUT2D eigenvalue weighted by Gasteiger charge is 2.13. The predicted molar refractivity (Wildman–Crippen MR) is 81.8 cm³/mol. The third-order valence-electron chi connectivity index (χ3n) is 3.63. The lowest BCUT2D eigenvalue weighted by Gasteiger charge is -2.09. The lowest BCUT2D eigenvalue weighted by atomic mass is 10.1. The summed E-state index contributed by atoms with van der Waals surface area (Å²) in [6, 6.07) is 12.2. The SMILES string of the molecule is Cc1ccccc1CCNC(=O)C[NH2+][C@H](C)c1ccco1. The molecule has 1 heterocycles. The van der Waals surface area contributed by atoms with Crippen LogP contribution in [0.2, 0.25) is 0 Å². The fraction of sp³-hybridized carbons (Fsp3) is 0.353. The molecule has 0 saturated carbocycles. The van der Waals surface area contributed by atoms with Gasteiger partial charge in [0, 0.05) is 6.54 Å². The number of nitrogens with two attached hydrogens (primary N) is 1. The molecular weight excluding hydrogens is 264 g/mol. The highest BCUT2D eigenvalue weighted by molar-refractivity contribution is 5.76. The van der Waals surface area contributed by atoms with Crippen LogP contribution in [0.5, 0.6) is 0 Å². The van der Waals surface area contributed by atoms with Crippen LogP contribution in [-0.4, -0.2) is 19.0 Å². The molecule has 21 heavy (non-hydrogen) atoms. The van der Waals surface area contributed by atoms with Gasteiger partial charge in [-0.1, -0.05) is 24.3 Å². The van der Waals surface area contributed by atoms with Gasteiger partial charge < -0.3 is 15.1 Å². The predicted octanol–water partition coefficient (Wildman–Crippen LogP) is 1.57. The Morgan fingerprint density at radius 2 is 2.10 bits per heavy atom. The normalized spacial score (nSPS) is 12.1. The number of benzene rings is 1. The molecule has 0 bridgehead atoms. The second-order valence-corrected chi connectivity index (χ2v) is 5.27. The summed E-state index contributed by atoms with van der Waals surface area (Å²) in [7, 11) is 0. The van der Waals surface area contributed by atoms with Gasteiger partial charge in [0.05, 0.1) is 6.26 Å². The van der Waals surface area contributed by atoms with Gasteiger partial charge in [-0.25, -0.2) is 0 Å². The van der Waals surface area contributed by atoms with Crippen LogP contribution in [0.3, 0.4) is 0 Å². The van der Waals surface area contributed by atoms with E-state index < -0.39 is 0 Å². The van der Waals surface area contributed by atoms with Crippen molar-refractivity contribution in [1.82, 2.24) is 5.32 Å². The number of amides is 1. The minimum absolute atomic E-state index is 0.0574. The van der Waals surface area contributed by atoms with Crippen LogP contribution < -0.4 is 10.6 Å². The van der Waals surface area contributed by atoms with Crippen LogP contribution in [0.1, 0.15) is 29.9 Å². The quantitative estimate of drug-likeness (QED) is 0.812. The number of rotatable bonds is 7. The zero-order chi connectivity index (χ0) is 15.1. The van der Waals surface area contributed by atoms with Crippen molar-refractivity contribution in [3.05, 3.63) is 59.5 Å². The molecule has 3 N–H and O–H groups in total. The first-order valence-electron chi connectivity index (χ1n) is 7.34. The molecule has 0 unspecified atom stereocenters. The van der Waals surface area contributed by atoms with Crippen LogP contribution in [-0.2, 0) is 11.2 Å². The highest BCUT2D eigenvalue weighted by Crippen LogP contribution is 2.07. The number of carbonyl (C=O) groups excluding carboxylic acids is 1. The maximum atomic E-state index is 11.8. The maximum Gasteiger partial charge on any atom is 0.275 e. The van der Waals surface area contributed by atoms with Gasteiger partial charge >= 0.3 is 0 Å². The summed E-state index contributed by atoms with van der Waals surface area (Å²) in [5.74, 6) is 0.949. The Labute approximate surface area is 125 Å². The molecule has 0 saturated heterocycles. The van der Waals surface area contributed by atoms with Gasteiger partial charge in [-0.3, -0.25) is 4.79 Å². The second-order valence-electron chi connectivity index (χ2n) is 5.27. The smallest absolute Gasteiger partial charge is 0.275 e. The first kappa shape index (κ1) is 15.3. The van der Waals surface area contributed by atoms with E-state index in [0.717, 1.165) is 12.2 Å². The molecule has 1 aromatic heterocycles. The molecule has 2 aromatic rings. The summed E-state index contributed by atoms with van der Waals surface area (Å²) in [4.78, 5) is 11.8. The summed E-state index contributed by atoms with van der Waals surface area (Å²) in [5.41, 5.74) is 2.55. The van der Waals surface area contributed by atoms with Gasteiger partial charge in [-0.15, -0.1) is 0 Å². The molecule has 4 heteroatoms. The summed E-state index contributed by atoms with van der Waals surface area (Å²) in [5, 5.41) is 4.93. The Morgan fingerprint density at radius 3 is 2.81 bits per heavy atom. The largest absolute Gasteiger partial charge is 0.463 e. The molecule has 0 aliphatic carbocycles. The van der Waals surface area contributed by atoms with E-state index in [0.29, 0.717) is 13.1 Å². The van der Waals surface area contributed by atoms with Crippen LogP contribution in [0, 0.1) is 6.92 Å². The van der Waals surface area contributed by atoms with Crippen molar-refractivity contribution in [2.24, 2.45) is 0 Å². The Morgan fingerprint density at radius 1 is 1.29 bits per heavy atom. The molecule has 0 spiro atoms. The summed E-state index contributed by atoms with van der Waals surface area (Å²) in [6.45, 7) is 5.21. The Kier molecular flexibility index (Phi) is 5.58. The molecule has 0 fully saturated rings. The molecule has 0 aliphatic heterocycles. The molecule has 2 rings (SSSR count). The summed E-state index contributed by atoms with van der Waals surface area (Å²) < 4.78 is 5.32. The number of aryl methyl sites for hydroxylation is 1. The third-order valence-corrected chi connectivity index (χ3v) is 3.63. The Bertz CT molecular complexity index is 564. The van der Waals surface area contributed by atoms with E-state index in [1.165, 1.54) is 11.1 Å². The Balaban J connectivity index is 1.67. The molecule has 0 aliphatic rings. The van der Waals surface area contributed by atoms with E-state index in [1.54, 1.807) is 6.26 Å². The van der Waals surface area contributed by atoms with Crippen LogP contribution in [0.25, 0.3) is 0 Å². The van der Waals surface area contributed by atoms with Crippen molar-refractivity contribution in [1.29, 1.82) is 0 Å². The standard InChI is InChI=1S/C17H22N2O2/c1-13-6-3-4-7-15(13)9-10-18-17(20)12-19-14(2)16-8-5-11-21-16/h3-8,11,14,19H,9-10,12H2,1-2H3,(H,18,20)/p+1/t14-/m1/s1. The molecule has 112 valence electrons. The minimum Gasteiger partial charge on any atom is -0.463 e. The first-order valence-corrected chi connectivity index (χ1v) is 7.34. The van der Waals surface area contributed by atoms with E-state index in [9.17, 15) is 4.79 Å². The molecule has 1 amide bonds. The zero-order valence-electron chi connectivity index (χ0n) is 12.6. The number of hydrogen-bond donors (Lipinski definition) is 2. The Hall–Kier alpha value is -2.07. The lowest BCUT2D eigenvalue weighted by molar-refractivity contribution is -0.684. The van der Waals surface area contributed by atoms with E-state index in [-0.39, 0.29) is 11.9 Å². The third kappa shape index (κ3) is 4.76. The van der Waals surface area contributed by atoms with E-state index in [4.69, 9.17) is 4.42 Å². The summed E-state index contributed by atoms with van der Waals surface area (Å²) >= 11 is 0. The van der Waals surface area contributed by atoms with Gasteiger partial charge in [-0.2, -0.15) is 0 Å². The van der Waals surface area contributed by atoms with Gasteiger partial charge in [0.2, 0.25) is 0 Å². The average molecular weight is 287 g/mol. The molecule has 4 nitrogen and oxygen atoms in total. The van der Waals surface area contributed by atoms with Crippen molar-refractivity contribution < 1.29 is 14.5 Å². The number of hydrogen-bond acceptors (Lipinski definition) is 2. The molecule has 0 radical (unpaired) electrons. The van der Waals surface area contributed by atoms with Crippen LogP contribution in [0.4, 0.5) is 0 Å². The monoisotopic (exact) mass is 287 g/mol. The number of nitrogens with one attached hydrogen (secondary N) is 1. The number of carbonyl (C=O) groups is 1. The van der Waals surface area contributed by atoms with Crippen molar-refractivity contribution in [2.75, 3.05) is 13.1 Å². The molecular formula is C17H23N2O2+. The fourth-order valence-corrected chi connectivity index (χ4v) is 2.25. The zero-order valence-corrected chi connectivity index (χ0v) is 12.6. The van der Waals surface area contributed by atoms with Crippen molar-refractivity contribution >= 4 is 5.91 Å². The average Bonchev–Trinajstić information content (AvgIpc) is 3.01. The van der Waals surface area contributed by atoms with Crippen LogP contribution >= 0.6 is 0 Å². The lowest BCUT2D eigenvalue weighted by Crippen LogP contribution is -2.87. The van der Waals surface area contributed by atoms with E-state index >= 15 is 0 Å². The van der Waals surface area contributed by atoms with Crippen molar-refractivity contribution in [2.45, 2.75) is 26.3 Å². The van der Waals surface area contributed by atoms with E-state index in [2.05, 4.69) is 24.4 Å². The maximum absolute atomic E-state index is 11.8. The van der Waals surface area contributed by atoms with Crippen molar-refractivity contribution in [3.8, 4) is 0 Å². The highest BCUT2D eigenvalue weighted by atomic mass is 16.3. The van der Waals surface area contributed by atoms with Gasteiger partial charge in [0.25, 0.3) is 5.91 Å². The van der Waals surface area contributed by atoms with Gasteiger partial charge in [-0.05, 0) is 43.5 Å². The minimum atomic E-state index is 0.0574. The first-order chi connectivity index (χ1) is 10.2. The van der Waals surface area contributed by atoms with Gasteiger partial charge in [0.1, 0.15) is 6.04 Å². The van der Waals surface area contributed by atoms with Gasteiger partial charge in [0.15, 0.2) is 12.3 Å².